The molecule has 44 heteroatoms. The van der Waals surface area contributed by atoms with Crippen LogP contribution >= 0.6 is 0 Å². The van der Waals surface area contributed by atoms with Crippen LogP contribution in [0.1, 0.15) is 133 Å². The summed E-state index contributed by atoms with van der Waals surface area (Å²) < 4.78 is 104. The second-order valence-corrected chi connectivity index (χ2v) is 40.1. The van der Waals surface area contributed by atoms with E-state index in [1.165, 1.54) is 32.9 Å². The fourth-order valence-corrected chi connectivity index (χ4v) is 22.8. The lowest BCUT2D eigenvalue weighted by Crippen LogP contribution is -2.70. The van der Waals surface area contributed by atoms with Crippen LogP contribution in [0.3, 0.4) is 0 Å². The number of rotatable bonds is 28. The number of carbonyl (C=O) groups is 3. The van der Waals surface area contributed by atoms with Crippen molar-refractivity contribution in [2.24, 2.45) is 50.2 Å². The Morgan fingerprint density at radius 2 is 1.09 bits per heavy atom. The maximum absolute atomic E-state index is 16.5. The fraction of sp³-hybridized carbons (Fsp3) is 0.895. The quantitative estimate of drug-likeness (QED) is 0.0150. The van der Waals surface area contributed by atoms with Gasteiger partial charge in [0.15, 0.2) is 50.1 Å². The molecule has 8 heterocycles. The standard InChI is InChI=1S/C86H137NO43/c1-12-81(8,112)19-13-14-34(2)69(110)114-30-43-63(126-74-60(105)56(101)52(97)41(26-89)121-74)61(106)65(129-73-58(103)53(98)42(29-117-73)122-77-68(109)85(113,32-90)33-119-77)76(124-43)130-78(111)86-23-22-83(10)36(37(86)24-79(4,5)66(107)67(86)108)15-16-46-82(9)20-18-47(80(6,7)45(82)17-21-84(46,83)11)125-70-48(87-35(3)91)54(99)62(44(123-70)31-118-71-59(104)55(100)51(96)40(25-88)120-71)127-75-64(50(95)39(93)28-116-75)128-72-57(102)49(94)38(92)27-115-72/h12,14-15,37-68,70-77,88-90,92-109,112-113H,1,13,16-33H2,2-11H3,(H,87,91). The molecule has 0 aromatic rings. The Morgan fingerprint density at radius 3 is 1.72 bits per heavy atom. The van der Waals surface area contributed by atoms with E-state index in [0.717, 1.165) is 5.57 Å². The first-order valence-electron chi connectivity index (χ1n) is 44.8. The van der Waals surface area contributed by atoms with E-state index in [9.17, 15) is 127 Å². The number of allylic oxidation sites excluding steroid dienone is 3. The number of aliphatic hydroxyl groups is 23. The Bertz CT molecular complexity index is 3920. The number of hydrogen-bond donors (Lipinski definition) is 24. The van der Waals surface area contributed by atoms with Gasteiger partial charge in [-0.15, -0.1) is 6.58 Å². The van der Waals surface area contributed by atoms with Gasteiger partial charge < -0.3 is 203 Å². The molecule has 8 aliphatic heterocycles. The van der Waals surface area contributed by atoms with Crippen LogP contribution in [0, 0.1) is 50.2 Å². The van der Waals surface area contributed by atoms with Crippen LogP contribution in [0.4, 0.5) is 0 Å². The van der Waals surface area contributed by atoms with Gasteiger partial charge in [-0.25, -0.2) is 4.79 Å². The zero-order valence-electron chi connectivity index (χ0n) is 74.4. The number of amides is 1. The minimum Gasteiger partial charge on any atom is -0.459 e. The molecule has 1 amide bonds. The highest BCUT2D eigenvalue weighted by molar-refractivity contribution is 5.87. The van der Waals surface area contributed by atoms with Crippen molar-refractivity contribution in [3.05, 3.63) is 36.0 Å². The molecule has 0 aromatic carbocycles. The number of nitrogens with one attached hydrogen (secondary N) is 1. The van der Waals surface area contributed by atoms with Gasteiger partial charge in [0, 0.05) is 12.5 Å². The molecule has 744 valence electrons. The van der Waals surface area contributed by atoms with E-state index < -0.39 is 354 Å². The summed E-state index contributed by atoms with van der Waals surface area (Å²) in [5, 5.41) is 260. The number of esters is 2. The Hall–Kier alpha value is -3.89. The van der Waals surface area contributed by atoms with Gasteiger partial charge in [0.2, 0.25) is 12.2 Å². The summed E-state index contributed by atoms with van der Waals surface area (Å²) in [5.74, 6) is -4.14. The van der Waals surface area contributed by atoms with Gasteiger partial charge in [-0.05, 0) is 123 Å². The maximum Gasteiger partial charge on any atom is 0.333 e. The second-order valence-electron chi connectivity index (χ2n) is 40.1. The van der Waals surface area contributed by atoms with Crippen LogP contribution in [0.25, 0.3) is 0 Å². The molecule has 46 unspecified atom stereocenters. The fourth-order valence-electron chi connectivity index (χ4n) is 22.8. The molecule has 46 atom stereocenters. The molecule has 13 aliphatic rings. The first-order valence-corrected chi connectivity index (χ1v) is 44.8. The molecule has 4 saturated carbocycles. The highest BCUT2D eigenvalue weighted by atomic mass is 16.8. The number of ether oxygens (including phenoxy) is 17. The minimum atomic E-state index is -2.31. The monoisotopic (exact) mass is 1870 g/mol. The van der Waals surface area contributed by atoms with Gasteiger partial charge in [-0.1, -0.05) is 72.3 Å². The molecule has 12 fully saturated rings. The van der Waals surface area contributed by atoms with E-state index in [0.29, 0.717) is 32.1 Å². The molecule has 8 saturated heterocycles. The third-order valence-corrected chi connectivity index (χ3v) is 31.1. The zero-order valence-corrected chi connectivity index (χ0v) is 74.4. The smallest absolute Gasteiger partial charge is 0.333 e. The van der Waals surface area contributed by atoms with Crippen LogP contribution < -0.4 is 5.32 Å². The third-order valence-electron chi connectivity index (χ3n) is 31.1. The Kier molecular flexibility index (Phi) is 32.0. The van der Waals surface area contributed by atoms with Crippen LogP contribution in [-0.4, -0.2) is 433 Å². The highest BCUT2D eigenvalue weighted by Gasteiger charge is 2.74. The maximum atomic E-state index is 16.5. The largest absolute Gasteiger partial charge is 0.459 e. The van der Waals surface area contributed by atoms with E-state index in [4.69, 9.17) is 80.5 Å². The molecule has 0 aromatic heterocycles. The van der Waals surface area contributed by atoms with Gasteiger partial charge in [0.05, 0.1) is 76.8 Å². The van der Waals surface area contributed by atoms with E-state index >= 15 is 4.79 Å². The number of aliphatic hydroxyl groups excluding tert-OH is 21. The van der Waals surface area contributed by atoms with Crippen molar-refractivity contribution in [1.82, 2.24) is 5.32 Å². The molecule has 44 nitrogen and oxygen atoms in total. The molecule has 13 rings (SSSR count). The molecule has 24 N–H and O–H groups in total. The topological polar surface area (TPSA) is 685 Å². The van der Waals surface area contributed by atoms with Gasteiger partial charge in [0.25, 0.3) is 0 Å². The first kappa shape index (κ1) is 103. The lowest BCUT2D eigenvalue weighted by molar-refractivity contribution is -0.381. The summed E-state index contributed by atoms with van der Waals surface area (Å²) in [4.78, 5) is 43.9. The van der Waals surface area contributed by atoms with Gasteiger partial charge >= 0.3 is 11.9 Å². The van der Waals surface area contributed by atoms with Crippen LogP contribution in [0.15, 0.2) is 36.0 Å². The van der Waals surface area contributed by atoms with Crippen LogP contribution in [0.5, 0.6) is 0 Å². The number of carbonyl (C=O) groups excluding carboxylic acids is 3. The molecular weight excluding hydrogens is 1730 g/mol. The zero-order chi connectivity index (χ0) is 95.3. The summed E-state index contributed by atoms with van der Waals surface area (Å²) in [6.45, 7) is 15.1. The number of fused-ring (bicyclic) bond motifs is 7. The van der Waals surface area contributed by atoms with Crippen LogP contribution in [-0.2, 0) is 94.9 Å². The minimum absolute atomic E-state index is 0.0116. The van der Waals surface area contributed by atoms with E-state index in [2.05, 4.69) is 38.7 Å². The predicted molar refractivity (Wildman–Crippen MR) is 431 cm³/mol. The van der Waals surface area contributed by atoms with Crippen molar-refractivity contribution in [2.45, 2.75) is 372 Å². The Morgan fingerprint density at radius 1 is 0.538 bits per heavy atom. The second kappa shape index (κ2) is 40.1. The number of hydrogen-bond acceptors (Lipinski definition) is 43. The first-order chi connectivity index (χ1) is 60.9. The average Bonchev–Trinajstić information content (AvgIpc) is 0.704. The Balaban J connectivity index is 0.794. The lowest BCUT2D eigenvalue weighted by Gasteiger charge is -2.71. The van der Waals surface area contributed by atoms with E-state index in [-0.39, 0.29) is 49.5 Å². The van der Waals surface area contributed by atoms with E-state index in [1.807, 2.05) is 13.8 Å². The summed E-state index contributed by atoms with van der Waals surface area (Å²) in [7, 11) is 0. The molecule has 0 bridgehead atoms. The summed E-state index contributed by atoms with van der Waals surface area (Å²) >= 11 is 0. The van der Waals surface area contributed by atoms with Crippen molar-refractivity contribution >= 4 is 17.8 Å². The average molecular weight is 1870 g/mol. The lowest BCUT2D eigenvalue weighted by atomic mass is 9.33. The Labute approximate surface area is 750 Å². The van der Waals surface area contributed by atoms with Gasteiger partial charge in [-0.2, -0.15) is 0 Å². The molecule has 130 heavy (non-hydrogen) atoms. The van der Waals surface area contributed by atoms with Gasteiger partial charge in [0.1, 0.15) is 170 Å². The normalized spacial score (nSPS) is 50.1. The molecule has 5 aliphatic carbocycles. The van der Waals surface area contributed by atoms with Crippen molar-refractivity contribution in [3.8, 4) is 0 Å². The van der Waals surface area contributed by atoms with Gasteiger partial charge in [-0.3, -0.25) is 9.59 Å². The predicted octanol–water partition coefficient (Wildman–Crippen LogP) is -7.88. The van der Waals surface area contributed by atoms with Crippen molar-refractivity contribution in [1.29, 1.82) is 0 Å². The van der Waals surface area contributed by atoms with Crippen molar-refractivity contribution < 1.29 is 212 Å². The third kappa shape index (κ3) is 19.3. The van der Waals surface area contributed by atoms with E-state index in [1.54, 1.807) is 13.8 Å². The molecule has 0 radical (unpaired) electrons. The van der Waals surface area contributed by atoms with Crippen LogP contribution in [0.2, 0.25) is 0 Å². The summed E-state index contributed by atoms with van der Waals surface area (Å²) in [6, 6.07) is -1.52. The summed E-state index contributed by atoms with van der Waals surface area (Å²) in [5.41, 5.74) is -8.76. The molecule has 0 spiro atoms. The van der Waals surface area contributed by atoms with Crippen molar-refractivity contribution in [2.75, 3.05) is 59.5 Å². The SMILES string of the molecule is C=CC(C)(O)CCC=C(C)C(=O)OCC1OC(OC(=O)C23CCC4(C)C(=CCC5C6(C)CCC(OC7OC(COC8OC(CO)C(O)C(O)C8O)C(OC8OCC(O)C(O)C8OC8OCC(O)C(O)C8O)C(O)C7NC(C)=O)C(C)(C)C6CCC54C)C2CC(C)(C)C(O)C3O)C(OC2OCC(OC3OCC(O)(CO)C3O)C(O)C2O)C(O)C1OC1OC(CO)C(O)C(O)C1O. The highest BCUT2D eigenvalue weighted by Crippen LogP contribution is 2.76. The summed E-state index contributed by atoms with van der Waals surface area (Å²) in [6.07, 6.45) is -58.5. The van der Waals surface area contributed by atoms with Crippen molar-refractivity contribution in [3.63, 3.8) is 0 Å². The molecular formula is C86H137NO43.